The zero-order valence-corrected chi connectivity index (χ0v) is 11.1. The summed E-state index contributed by atoms with van der Waals surface area (Å²) in [5.41, 5.74) is 0. The van der Waals surface area contributed by atoms with E-state index in [1.54, 1.807) is 6.08 Å². The van der Waals surface area contributed by atoms with Crippen LogP contribution in [0, 0.1) is 5.92 Å². The second kappa shape index (κ2) is 10.2. The average Bonchev–Trinajstić information content (AvgIpc) is 2.09. The molecule has 0 fully saturated rings. The van der Waals surface area contributed by atoms with Gasteiger partial charge in [-0.2, -0.15) is 0 Å². The molecule has 0 radical (unpaired) electrons. The van der Waals surface area contributed by atoms with Crippen molar-refractivity contribution in [2.75, 3.05) is 0 Å². The van der Waals surface area contributed by atoms with E-state index in [2.05, 4.69) is 6.58 Å². The van der Waals surface area contributed by atoms with Crippen LogP contribution in [-0.4, -0.2) is 17.0 Å². The summed E-state index contributed by atoms with van der Waals surface area (Å²) >= 11 is 0. The van der Waals surface area contributed by atoms with Crippen molar-refractivity contribution in [2.24, 2.45) is 5.92 Å². The summed E-state index contributed by atoms with van der Waals surface area (Å²) in [5.74, 6) is -3.18. The van der Waals surface area contributed by atoms with E-state index in [1.165, 1.54) is 0 Å². The first kappa shape index (κ1) is 17.1. The second-order valence-electron chi connectivity index (χ2n) is 3.18. The Morgan fingerprint density at radius 2 is 2.00 bits per heavy atom. The summed E-state index contributed by atoms with van der Waals surface area (Å²) in [4.78, 5) is 20.8. The fourth-order valence-corrected chi connectivity index (χ4v) is 1.19. The van der Waals surface area contributed by atoms with Gasteiger partial charge >= 0.3 is 35.5 Å². The van der Waals surface area contributed by atoms with E-state index in [0.29, 0.717) is 12.8 Å². The Kier molecular flexibility index (Phi) is 11.6. The van der Waals surface area contributed by atoms with Crippen LogP contribution < -0.4 is 34.7 Å². The minimum Gasteiger partial charge on any atom is -0.550 e. The Labute approximate surface area is 112 Å². The molecule has 0 aromatic carbocycles. The Morgan fingerprint density at radius 3 is 2.40 bits per heavy atom. The van der Waals surface area contributed by atoms with Gasteiger partial charge in [-0.15, -0.1) is 6.58 Å². The number of carbonyl (C=O) groups excluding carboxylic acids is 1. The fraction of sp³-hybridized carbons (Fsp3) is 0.600. The van der Waals surface area contributed by atoms with Crippen LogP contribution in [0.25, 0.3) is 0 Å². The van der Waals surface area contributed by atoms with E-state index >= 15 is 0 Å². The third kappa shape index (κ3) is 9.97. The van der Waals surface area contributed by atoms with Gasteiger partial charge in [0.25, 0.3) is 0 Å². The maximum absolute atomic E-state index is 10.6. The molecule has 1 unspecified atom stereocenters. The molecule has 0 aliphatic heterocycles. The molecule has 1 atom stereocenters. The van der Waals surface area contributed by atoms with Crippen molar-refractivity contribution in [2.45, 2.75) is 32.1 Å². The molecule has 0 spiro atoms. The first-order valence-corrected chi connectivity index (χ1v) is 4.61. The summed E-state index contributed by atoms with van der Waals surface area (Å²) in [6.07, 6.45) is 4.13. The zero-order chi connectivity index (χ0) is 11.0. The molecule has 0 rings (SSSR count). The Hall–Kier alpha value is -0.320. The first-order valence-electron chi connectivity index (χ1n) is 4.61. The van der Waals surface area contributed by atoms with Gasteiger partial charge in [-0.3, -0.25) is 4.79 Å². The van der Waals surface area contributed by atoms with Gasteiger partial charge in [0.05, 0.1) is 5.92 Å². The SMILES string of the molecule is C=CCCCCC(CC(=O)[O-])C(=O)O.[Na+]. The van der Waals surface area contributed by atoms with E-state index in [-0.39, 0.29) is 29.6 Å². The van der Waals surface area contributed by atoms with Crippen LogP contribution in [0.4, 0.5) is 0 Å². The van der Waals surface area contributed by atoms with Crippen LogP contribution >= 0.6 is 0 Å². The molecule has 4 nitrogen and oxygen atoms in total. The molecule has 15 heavy (non-hydrogen) atoms. The van der Waals surface area contributed by atoms with Crippen molar-refractivity contribution < 1.29 is 49.4 Å². The quantitative estimate of drug-likeness (QED) is 0.281. The molecule has 0 saturated carbocycles. The molecular formula is C10H15NaO4. The molecule has 0 aromatic heterocycles. The van der Waals surface area contributed by atoms with Crippen LogP contribution in [-0.2, 0) is 9.59 Å². The van der Waals surface area contributed by atoms with Crippen molar-refractivity contribution in [3.8, 4) is 0 Å². The standard InChI is InChI=1S/C10H16O4.Na/c1-2-3-4-5-6-8(10(13)14)7-9(11)12;/h2,8H,1,3-7H2,(H,11,12)(H,13,14);/q;+1/p-1. The van der Waals surface area contributed by atoms with E-state index in [4.69, 9.17) is 5.11 Å². The third-order valence-corrected chi connectivity index (χ3v) is 1.97. The van der Waals surface area contributed by atoms with Crippen LogP contribution in [0.3, 0.4) is 0 Å². The molecule has 0 bridgehead atoms. The minimum atomic E-state index is -1.30. The monoisotopic (exact) mass is 222 g/mol. The molecule has 0 aliphatic rings. The number of hydrogen-bond acceptors (Lipinski definition) is 3. The first-order chi connectivity index (χ1) is 6.57. The van der Waals surface area contributed by atoms with Crippen LogP contribution in [0.2, 0.25) is 0 Å². The second-order valence-corrected chi connectivity index (χ2v) is 3.18. The average molecular weight is 222 g/mol. The predicted octanol–water partition coefficient (Wildman–Crippen LogP) is -2.42. The maximum Gasteiger partial charge on any atom is 1.00 e. The predicted molar refractivity (Wildman–Crippen MR) is 49.4 cm³/mol. The Morgan fingerprint density at radius 1 is 1.40 bits per heavy atom. The van der Waals surface area contributed by atoms with Gasteiger partial charge < -0.3 is 15.0 Å². The molecule has 1 N–H and O–H groups in total. The number of carbonyl (C=O) groups is 2. The van der Waals surface area contributed by atoms with Gasteiger partial charge in [-0.05, 0) is 19.3 Å². The minimum absolute atomic E-state index is 0. The molecule has 5 heteroatoms. The van der Waals surface area contributed by atoms with Gasteiger partial charge in [0.2, 0.25) is 0 Å². The number of unbranched alkanes of at least 4 members (excludes halogenated alkanes) is 2. The van der Waals surface area contributed by atoms with Crippen molar-refractivity contribution in [1.29, 1.82) is 0 Å². The summed E-state index contributed by atoms with van der Waals surface area (Å²) in [6.45, 7) is 3.54. The third-order valence-electron chi connectivity index (χ3n) is 1.97. The molecular weight excluding hydrogens is 207 g/mol. The van der Waals surface area contributed by atoms with Crippen molar-refractivity contribution in [3.05, 3.63) is 12.7 Å². The molecule has 0 heterocycles. The van der Waals surface area contributed by atoms with E-state index in [1.807, 2.05) is 0 Å². The summed E-state index contributed by atoms with van der Waals surface area (Å²) in [6, 6.07) is 0. The maximum atomic E-state index is 10.6. The van der Waals surface area contributed by atoms with Crippen LogP contribution in [0.5, 0.6) is 0 Å². The van der Waals surface area contributed by atoms with E-state index < -0.39 is 24.3 Å². The number of rotatable bonds is 8. The van der Waals surface area contributed by atoms with Gasteiger partial charge in [-0.25, -0.2) is 0 Å². The number of aliphatic carboxylic acids is 2. The summed E-state index contributed by atoms with van der Waals surface area (Å²) < 4.78 is 0. The zero-order valence-electron chi connectivity index (χ0n) is 9.07. The fourth-order valence-electron chi connectivity index (χ4n) is 1.19. The van der Waals surface area contributed by atoms with Gasteiger partial charge in [0, 0.05) is 12.4 Å². The summed E-state index contributed by atoms with van der Waals surface area (Å²) in [5, 5.41) is 18.9. The van der Waals surface area contributed by atoms with Gasteiger partial charge in [0.15, 0.2) is 0 Å². The van der Waals surface area contributed by atoms with Gasteiger partial charge in [-0.1, -0.05) is 12.5 Å². The number of hydrogen-bond donors (Lipinski definition) is 1. The number of carboxylic acid groups (broad SMARTS) is 2. The largest absolute Gasteiger partial charge is 1.00 e. The summed E-state index contributed by atoms with van der Waals surface area (Å²) in [7, 11) is 0. The van der Waals surface area contributed by atoms with E-state index in [0.717, 1.165) is 12.8 Å². The topological polar surface area (TPSA) is 77.4 Å². The van der Waals surface area contributed by atoms with Crippen molar-refractivity contribution in [1.82, 2.24) is 0 Å². The number of carboxylic acids is 2. The Balaban J connectivity index is 0. The molecule has 0 aliphatic carbocycles. The van der Waals surface area contributed by atoms with E-state index in [9.17, 15) is 14.7 Å². The molecule has 0 aromatic rings. The van der Waals surface area contributed by atoms with Crippen molar-refractivity contribution in [3.63, 3.8) is 0 Å². The van der Waals surface area contributed by atoms with Gasteiger partial charge in [0.1, 0.15) is 0 Å². The van der Waals surface area contributed by atoms with Crippen LogP contribution in [0.1, 0.15) is 32.1 Å². The molecule has 0 amide bonds. The number of allylic oxidation sites excluding steroid dienone is 1. The Bertz CT molecular complexity index is 215. The smallest absolute Gasteiger partial charge is 0.550 e. The van der Waals surface area contributed by atoms with Crippen LogP contribution in [0.15, 0.2) is 12.7 Å². The normalized spacial score (nSPS) is 11.2. The molecule has 0 saturated heterocycles. The van der Waals surface area contributed by atoms with Crippen molar-refractivity contribution >= 4 is 11.9 Å². The molecule has 80 valence electrons.